The van der Waals surface area contributed by atoms with E-state index < -0.39 is 12.4 Å². The molecule has 0 spiro atoms. The number of benzene rings is 2. The number of nitrogens with zero attached hydrogens (tertiary/aromatic N) is 3. The lowest BCUT2D eigenvalue weighted by Gasteiger charge is -2.26. The van der Waals surface area contributed by atoms with Gasteiger partial charge < -0.3 is 9.57 Å². The zero-order chi connectivity index (χ0) is 19.6. The molecule has 2 unspecified atom stereocenters. The lowest BCUT2D eigenvalue weighted by Crippen LogP contribution is -2.43. The number of likely N-dealkylation sites (tertiary alicyclic amines) is 1. The SMILES string of the molecule is FC(F)(F)C1ON=CN1c1ccccc1OC1CCN(Cc2ccccc2)C1. The van der Waals surface area contributed by atoms with Crippen molar-refractivity contribution in [2.24, 2.45) is 5.16 Å². The topological polar surface area (TPSA) is 37.3 Å². The summed E-state index contributed by atoms with van der Waals surface area (Å²) < 4.78 is 45.7. The van der Waals surface area contributed by atoms with Crippen molar-refractivity contribution in [3.63, 3.8) is 0 Å². The summed E-state index contributed by atoms with van der Waals surface area (Å²) in [5.41, 5.74) is 1.51. The Morgan fingerprint density at radius 2 is 1.82 bits per heavy atom. The Bertz CT molecular complexity index is 829. The van der Waals surface area contributed by atoms with Crippen LogP contribution in [-0.4, -0.2) is 42.8 Å². The molecule has 2 aromatic rings. The number of oxime groups is 1. The fourth-order valence-corrected chi connectivity index (χ4v) is 3.48. The molecule has 5 nitrogen and oxygen atoms in total. The van der Waals surface area contributed by atoms with Crippen molar-refractivity contribution < 1.29 is 22.7 Å². The Morgan fingerprint density at radius 3 is 2.61 bits per heavy atom. The second kappa shape index (κ2) is 7.71. The molecular formula is C20H20F3N3O2. The molecule has 0 aromatic heterocycles. The molecule has 0 aliphatic carbocycles. The molecule has 2 aromatic carbocycles. The molecule has 1 saturated heterocycles. The van der Waals surface area contributed by atoms with E-state index in [-0.39, 0.29) is 11.8 Å². The molecule has 2 atom stereocenters. The molecule has 148 valence electrons. The van der Waals surface area contributed by atoms with Gasteiger partial charge >= 0.3 is 12.4 Å². The quantitative estimate of drug-likeness (QED) is 0.772. The number of rotatable bonds is 5. The highest BCUT2D eigenvalue weighted by Gasteiger charge is 2.49. The molecular weight excluding hydrogens is 371 g/mol. The van der Waals surface area contributed by atoms with Crippen molar-refractivity contribution in [3.05, 3.63) is 60.2 Å². The van der Waals surface area contributed by atoms with E-state index >= 15 is 0 Å². The molecule has 0 radical (unpaired) electrons. The average molecular weight is 391 g/mol. The molecule has 2 aliphatic heterocycles. The Kier molecular flexibility index (Phi) is 5.13. The van der Waals surface area contributed by atoms with E-state index in [1.165, 1.54) is 5.56 Å². The lowest BCUT2D eigenvalue weighted by atomic mass is 10.2. The van der Waals surface area contributed by atoms with Crippen LogP contribution >= 0.6 is 0 Å². The largest absolute Gasteiger partial charge is 0.487 e. The summed E-state index contributed by atoms with van der Waals surface area (Å²) in [6, 6.07) is 16.8. The van der Waals surface area contributed by atoms with E-state index in [0.29, 0.717) is 5.75 Å². The van der Waals surface area contributed by atoms with Crippen molar-refractivity contribution in [1.82, 2.24) is 4.90 Å². The fourth-order valence-electron chi connectivity index (χ4n) is 3.48. The van der Waals surface area contributed by atoms with E-state index in [9.17, 15) is 13.2 Å². The van der Waals surface area contributed by atoms with Crippen LogP contribution in [0.2, 0.25) is 0 Å². The first-order valence-electron chi connectivity index (χ1n) is 9.07. The summed E-state index contributed by atoms with van der Waals surface area (Å²) in [5.74, 6) is 0.389. The normalized spacial score (nSPS) is 22.5. The number of alkyl halides is 3. The third-order valence-electron chi connectivity index (χ3n) is 4.78. The third-order valence-corrected chi connectivity index (χ3v) is 4.78. The summed E-state index contributed by atoms with van der Waals surface area (Å²) in [4.78, 5) is 7.73. The smallest absolute Gasteiger partial charge is 0.448 e. The van der Waals surface area contributed by atoms with Crippen LogP contribution in [-0.2, 0) is 11.4 Å². The molecule has 1 fully saturated rings. The van der Waals surface area contributed by atoms with Crippen molar-refractivity contribution in [1.29, 1.82) is 0 Å². The van der Waals surface area contributed by atoms with Gasteiger partial charge in [0.05, 0.1) is 5.69 Å². The third kappa shape index (κ3) is 4.06. The number of hydrogen-bond acceptors (Lipinski definition) is 5. The predicted molar refractivity (Wildman–Crippen MR) is 99.1 cm³/mol. The minimum atomic E-state index is -4.57. The molecule has 0 saturated carbocycles. The predicted octanol–water partition coefficient (Wildman–Crippen LogP) is 4.01. The van der Waals surface area contributed by atoms with E-state index in [4.69, 9.17) is 4.74 Å². The summed E-state index contributed by atoms with van der Waals surface area (Å²) in [6.45, 7) is 2.42. The van der Waals surface area contributed by atoms with Gasteiger partial charge in [-0.15, -0.1) is 0 Å². The Labute approximate surface area is 160 Å². The van der Waals surface area contributed by atoms with E-state index in [2.05, 4.69) is 27.0 Å². The van der Waals surface area contributed by atoms with Gasteiger partial charge in [-0.2, -0.15) is 13.2 Å². The highest BCUT2D eigenvalue weighted by Crippen LogP contribution is 2.37. The Balaban J connectivity index is 1.44. The van der Waals surface area contributed by atoms with Gasteiger partial charge in [0.15, 0.2) is 0 Å². The van der Waals surface area contributed by atoms with Crippen LogP contribution in [0, 0.1) is 0 Å². The number of para-hydroxylation sites is 2. The van der Waals surface area contributed by atoms with Crippen LogP contribution < -0.4 is 9.64 Å². The first-order chi connectivity index (χ1) is 13.5. The molecule has 2 aliphatic rings. The Morgan fingerprint density at radius 1 is 1.07 bits per heavy atom. The molecule has 2 heterocycles. The van der Waals surface area contributed by atoms with E-state index in [0.717, 1.165) is 37.3 Å². The second-order valence-corrected chi connectivity index (χ2v) is 6.84. The molecule has 4 rings (SSSR count). The van der Waals surface area contributed by atoms with Gasteiger partial charge in [-0.1, -0.05) is 47.6 Å². The highest BCUT2D eigenvalue weighted by atomic mass is 19.4. The first kappa shape index (κ1) is 18.6. The average Bonchev–Trinajstić information content (AvgIpc) is 3.33. The summed E-state index contributed by atoms with van der Waals surface area (Å²) >= 11 is 0. The number of halogens is 3. The number of ether oxygens (including phenoxy) is 1. The second-order valence-electron chi connectivity index (χ2n) is 6.84. The molecule has 0 bridgehead atoms. The van der Waals surface area contributed by atoms with Crippen LogP contribution in [0.4, 0.5) is 18.9 Å². The van der Waals surface area contributed by atoms with Gasteiger partial charge in [0.25, 0.3) is 0 Å². The standard InChI is InChI=1S/C20H20F3N3O2/c21-20(22,23)19-26(14-24-28-19)17-8-4-5-9-18(17)27-16-10-11-25(13-16)12-15-6-2-1-3-7-15/h1-9,14,16,19H,10-13H2. The van der Waals surface area contributed by atoms with E-state index in [1.807, 2.05) is 18.2 Å². The van der Waals surface area contributed by atoms with Crippen molar-refractivity contribution in [2.45, 2.75) is 31.5 Å². The van der Waals surface area contributed by atoms with Crippen LogP contribution in [0.1, 0.15) is 12.0 Å². The van der Waals surface area contributed by atoms with Crippen LogP contribution in [0.15, 0.2) is 59.8 Å². The molecule has 28 heavy (non-hydrogen) atoms. The van der Waals surface area contributed by atoms with Crippen molar-refractivity contribution in [2.75, 3.05) is 18.0 Å². The van der Waals surface area contributed by atoms with Gasteiger partial charge in [0.2, 0.25) is 0 Å². The lowest BCUT2D eigenvalue weighted by molar-refractivity contribution is -0.211. The van der Waals surface area contributed by atoms with Crippen molar-refractivity contribution >= 4 is 12.0 Å². The highest BCUT2D eigenvalue weighted by molar-refractivity contribution is 5.83. The maximum atomic E-state index is 13.2. The van der Waals surface area contributed by atoms with Gasteiger partial charge in [0.1, 0.15) is 18.2 Å². The maximum Gasteiger partial charge on any atom is 0.448 e. The maximum absolute atomic E-state index is 13.2. The first-order valence-corrected chi connectivity index (χ1v) is 9.07. The monoisotopic (exact) mass is 391 g/mol. The van der Waals surface area contributed by atoms with Gasteiger partial charge in [-0.05, 0) is 24.1 Å². The fraction of sp³-hybridized carbons (Fsp3) is 0.350. The number of anilines is 1. The molecule has 0 amide bonds. The summed E-state index contributed by atoms with van der Waals surface area (Å²) in [6.07, 6.45) is -4.95. The van der Waals surface area contributed by atoms with Crippen LogP contribution in [0.3, 0.4) is 0 Å². The zero-order valence-electron chi connectivity index (χ0n) is 15.0. The summed E-state index contributed by atoms with van der Waals surface area (Å²) in [5, 5.41) is 3.34. The van der Waals surface area contributed by atoms with Crippen molar-refractivity contribution in [3.8, 4) is 5.75 Å². The van der Waals surface area contributed by atoms with Crippen LogP contribution in [0.5, 0.6) is 5.75 Å². The zero-order valence-corrected chi connectivity index (χ0v) is 15.0. The van der Waals surface area contributed by atoms with E-state index in [1.54, 1.807) is 24.3 Å². The Hall–Kier alpha value is -2.74. The molecule has 0 N–H and O–H groups in total. The van der Waals surface area contributed by atoms with Gasteiger partial charge in [-0.3, -0.25) is 9.80 Å². The molecule has 8 heteroatoms. The van der Waals surface area contributed by atoms with Gasteiger partial charge in [-0.25, -0.2) is 0 Å². The number of hydrogen-bond donors (Lipinski definition) is 0. The minimum absolute atomic E-state index is 0.0883. The van der Waals surface area contributed by atoms with Crippen LogP contribution in [0.25, 0.3) is 0 Å². The van der Waals surface area contributed by atoms with Gasteiger partial charge in [0, 0.05) is 19.6 Å². The minimum Gasteiger partial charge on any atom is -0.487 e. The summed E-state index contributed by atoms with van der Waals surface area (Å²) in [7, 11) is 0.